The zero-order valence-corrected chi connectivity index (χ0v) is 17.3. The van der Waals surface area contributed by atoms with Crippen LogP contribution in [0.25, 0.3) is 11.3 Å². The molecule has 0 saturated carbocycles. The van der Waals surface area contributed by atoms with Crippen molar-refractivity contribution in [2.24, 2.45) is 0 Å². The number of rotatable bonds is 7. The molecule has 0 aliphatic carbocycles. The van der Waals surface area contributed by atoms with Gasteiger partial charge in [-0.05, 0) is 35.9 Å². The third kappa shape index (κ3) is 4.33. The molecule has 0 spiro atoms. The van der Waals surface area contributed by atoms with E-state index in [1.165, 1.54) is 11.3 Å². The van der Waals surface area contributed by atoms with Crippen LogP contribution in [0.3, 0.4) is 0 Å². The summed E-state index contributed by atoms with van der Waals surface area (Å²) in [5.41, 5.74) is 2.94. The molecule has 7 nitrogen and oxygen atoms in total. The molecule has 0 saturated heterocycles. The third-order valence-corrected chi connectivity index (χ3v) is 5.43. The van der Waals surface area contributed by atoms with Crippen LogP contribution in [0.4, 0.5) is 5.13 Å². The Kier molecular flexibility index (Phi) is 5.76. The Morgan fingerprint density at radius 1 is 1.10 bits per heavy atom. The standard InChI is InChI=1S/C22H20N4O3S/c1-28-15-9-7-14(8-10-15)11-16-13-23-22(30-16)24-21(27)19-12-18(25-26-19)17-5-3-4-6-20(17)29-2/h3-10,12-13H,11H2,1-2H3,(H,25,26)(H,23,24,27). The number of anilines is 1. The van der Waals surface area contributed by atoms with Crippen molar-refractivity contribution in [2.45, 2.75) is 6.42 Å². The second-order valence-corrected chi connectivity index (χ2v) is 7.59. The molecule has 2 aromatic heterocycles. The van der Waals surface area contributed by atoms with E-state index >= 15 is 0 Å². The number of hydrogen-bond donors (Lipinski definition) is 2. The maximum absolute atomic E-state index is 12.6. The number of aromatic amines is 1. The molecule has 0 bridgehead atoms. The normalized spacial score (nSPS) is 10.6. The molecule has 30 heavy (non-hydrogen) atoms. The van der Waals surface area contributed by atoms with E-state index in [2.05, 4.69) is 20.5 Å². The highest BCUT2D eigenvalue weighted by Gasteiger charge is 2.15. The highest BCUT2D eigenvalue weighted by atomic mass is 32.1. The molecular formula is C22H20N4O3S. The molecular weight excluding hydrogens is 400 g/mol. The number of benzene rings is 2. The predicted molar refractivity (Wildman–Crippen MR) is 116 cm³/mol. The van der Waals surface area contributed by atoms with E-state index in [4.69, 9.17) is 9.47 Å². The van der Waals surface area contributed by atoms with Crippen molar-refractivity contribution >= 4 is 22.4 Å². The van der Waals surface area contributed by atoms with Crippen molar-refractivity contribution in [1.82, 2.24) is 15.2 Å². The number of carbonyl (C=O) groups is 1. The number of nitrogens with zero attached hydrogens (tertiary/aromatic N) is 2. The van der Waals surface area contributed by atoms with Crippen LogP contribution in [0, 0.1) is 0 Å². The topological polar surface area (TPSA) is 89.1 Å². The second-order valence-electron chi connectivity index (χ2n) is 6.48. The van der Waals surface area contributed by atoms with E-state index in [1.807, 2.05) is 48.5 Å². The van der Waals surface area contributed by atoms with Gasteiger partial charge >= 0.3 is 0 Å². The maximum atomic E-state index is 12.6. The zero-order chi connectivity index (χ0) is 20.9. The monoisotopic (exact) mass is 420 g/mol. The minimum Gasteiger partial charge on any atom is -0.497 e. The lowest BCUT2D eigenvalue weighted by molar-refractivity contribution is 0.102. The molecule has 2 N–H and O–H groups in total. The lowest BCUT2D eigenvalue weighted by Gasteiger charge is -2.04. The first kappa shape index (κ1) is 19.7. The summed E-state index contributed by atoms with van der Waals surface area (Å²) in [5, 5.41) is 10.4. The third-order valence-electron chi connectivity index (χ3n) is 4.52. The quantitative estimate of drug-likeness (QED) is 0.463. The van der Waals surface area contributed by atoms with E-state index in [0.717, 1.165) is 28.2 Å². The first-order chi connectivity index (χ1) is 14.7. The van der Waals surface area contributed by atoms with Gasteiger partial charge in [-0.15, -0.1) is 11.3 Å². The fourth-order valence-corrected chi connectivity index (χ4v) is 3.83. The molecule has 0 atom stereocenters. The Morgan fingerprint density at radius 3 is 2.67 bits per heavy atom. The summed E-state index contributed by atoms with van der Waals surface area (Å²) in [7, 11) is 3.25. The number of para-hydroxylation sites is 1. The SMILES string of the molecule is COc1ccc(Cc2cnc(NC(=O)c3cc(-c4ccccc4OC)n[nH]3)s2)cc1. The average Bonchev–Trinajstić information content (AvgIpc) is 3.44. The molecule has 2 aromatic carbocycles. The maximum Gasteiger partial charge on any atom is 0.275 e. The van der Waals surface area contributed by atoms with Crippen LogP contribution in [0.5, 0.6) is 11.5 Å². The minimum atomic E-state index is -0.297. The molecule has 0 unspecified atom stereocenters. The fraction of sp³-hybridized carbons (Fsp3) is 0.136. The van der Waals surface area contributed by atoms with Gasteiger partial charge in [-0.3, -0.25) is 15.2 Å². The Balaban J connectivity index is 1.43. The summed E-state index contributed by atoms with van der Waals surface area (Å²) in [6.07, 6.45) is 2.51. The van der Waals surface area contributed by atoms with Gasteiger partial charge in [0.15, 0.2) is 5.13 Å². The number of H-pyrrole nitrogens is 1. The van der Waals surface area contributed by atoms with Crippen LogP contribution in [-0.4, -0.2) is 35.3 Å². The van der Waals surface area contributed by atoms with Crippen molar-refractivity contribution in [2.75, 3.05) is 19.5 Å². The number of ether oxygens (including phenoxy) is 2. The van der Waals surface area contributed by atoms with Gasteiger partial charge in [-0.25, -0.2) is 4.98 Å². The molecule has 4 rings (SSSR count). The number of nitrogens with one attached hydrogen (secondary N) is 2. The molecule has 2 heterocycles. The number of hydrogen-bond acceptors (Lipinski definition) is 6. The number of carbonyl (C=O) groups excluding carboxylic acids is 1. The van der Waals surface area contributed by atoms with Gasteiger partial charge in [-0.1, -0.05) is 24.3 Å². The average molecular weight is 420 g/mol. The fourth-order valence-electron chi connectivity index (χ4n) is 2.99. The van der Waals surface area contributed by atoms with Crippen molar-refractivity contribution in [3.63, 3.8) is 0 Å². The Labute approximate surface area is 177 Å². The first-order valence-electron chi connectivity index (χ1n) is 9.24. The van der Waals surface area contributed by atoms with Gasteiger partial charge in [-0.2, -0.15) is 5.10 Å². The largest absolute Gasteiger partial charge is 0.497 e. The van der Waals surface area contributed by atoms with Gasteiger partial charge in [0.2, 0.25) is 0 Å². The van der Waals surface area contributed by atoms with E-state index in [0.29, 0.717) is 22.3 Å². The molecule has 0 radical (unpaired) electrons. The second kappa shape index (κ2) is 8.79. The van der Waals surface area contributed by atoms with Crippen LogP contribution in [0.1, 0.15) is 20.9 Å². The van der Waals surface area contributed by atoms with Crippen molar-refractivity contribution in [1.29, 1.82) is 0 Å². The van der Waals surface area contributed by atoms with E-state index in [9.17, 15) is 4.79 Å². The lowest BCUT2D eigenvalue weighted by atomic mass is 10.1. The minimum absolute atomic E-state index is 0.297. The number of aromatic nitrogens is 3. The van der Waals surface area contributed by atoms with Crippen LogP contribution < -0.4 is 14.8 Å². The summed E-state index contributed by atoms with van der Waals surface area (Å²) >= 11 is 1.44. The predicted octanol–water partition coefficient (Wildman–Crippen LogP) is 4.39. The van der Waals surface area contributed by atoms with Gasteiger partial charge < -0.3 is 9.47 Å². The van der Waals surface area contributed by atoms with Gasteiger partial charge in [0.25, 0.3) is 5.91 Å². The van der Waals surface area contributed by atoms with Crippen molar-refractivity contribution < 1.29 is 14.3 Å². The number of amides is 1. The van der Waals surface area contributed by atoms with Gasteiger partial charge in [0.1, 0.15) is 17.2 Å². The molecule has 8 heteroatoms. The molecule has 4 aromatic rings. The summed E-state index contributed by atoms with van der Waals surface area (Å²) < 4.78 is 10.5. The summed E-state index contributed by atoms with van der Waals surface area (Å²) in [6.45, 7) is 0. The van der Waals surface area contributed by atoms with Gasteiger partial charge in [0, 0.05) is 23.1 Å². The molecule has 1 amide bonds. The summed E-state index contributed by atoms with van der Waals surface area (Å²) in [5.74, 6) is 1.22. The highest BCUT2D eigenvalue weighted by Crippen LogP contribution is 2.28. The van der Waals surface area contributed by atoms with Crippen LogP contribution >= 0.6 is 11.3 Å². The lowest BCUT2D eigenvalue weighted by Crippen LogP contribution is -2.11. The number of thiazole rings is 1. The van der Waals surface area contributed by atoms with E-state index in [1.54, 1.807) is 26.5 Å². The van der Waals surface area contributed by atoms with Crippen LogP contribution in [0.15, 0.2) is 60.8 Å². The Hall–Kier alpha value is -3.65. The summed E-state index contributed by atoms with van der Waals surface area (Å²) in [4.78, 5) is 18.0. The van der Waals surface area contributed by atoms with E-state index in [-0.39, 0.29) is 5.91 Å². The number of methoxy groups -OCH3 is 2. The zero-order valence-electron chi connectivity index (χ0n) is 16.5. The molecule has 0 aliphatic heterocycles. The Morgan fingerprint density at radius 2 is 1.90 bits per heavy atom. The van der Waals surface area contributed by atoms with Crippen molar-refractivity contribution in [3.05, 3.63) is 76.9 Å². The highest BCUT2D eigenvalue weighted by molar-refractivity contribution is 7.15. The Bertz CT molecular complexity index is 1150. The van der Waals surface area contributed by atoms with Crippen LogP contribution in [-0.2, 0) is 6.42 Å². The van der Waals surface area contributed by atoms with Crippen LogP contribution in [0.2, 0.25) is 0 Å². The first-order valence-corrected chi connectivity index (χ1v) is 10.1. The molecule has 152 valence electrons. The molecule has 0 fully saturated rings. The molecule has 0 aliphatic rings. The van der Waals surface area contributed by atoms with E-state index < -0.39 is 0 Å². The smallest absolute Gasteiger partial charge is 0.275 e. The summed E-state index contributed by atoms with van der Waals surface area (Å²) in [6, 6.07) is 17.1. The van der Waals surface area contributed by atoms with Gasteiger partial charge in [0.05, 0.1) is 19.9 Å². The van der Waals surface area contributed by atoms with Crippen molar-refractivity contribution in [3.8, 4) is 22.8 Å².